The lowest BCUT2D eigenvalue weighted by atomic mass is 10.1. The number of anilines is 1. The van der Waals surface area contributed by atoms with Gasteiger partial charge in [-0.1, -0.05) is 19.1 Å². The molecule has 5 rings (SSSR count). The molecule has 0 spiro atoms. The molecule has 3 heterocycles. The molecule has 1 fully saturated rings. The van der Waals surface area contributed by atoms with E-state index < -0.39 is 15.7 Å². The van der Waals surface area contributed by atoms with Crippen molar-refractivity contribution in [2.24, 2.45) is 0 Å². The first-order valence-electron chi connectivity index (χ1n) is 10.9. The van der Waals surface area contributed by atoms with Gasteiger partial charge in [-0.15, -0.1) is 0 Å². The monoisotopic (exact) mass is 469 g/mol. The zero-order valence-corrected chi connectivity index (χ0v) is 19.0. The fraction of sp³-hybridized carbons (Fsp3) is 0.333. The predicted octanol–water partition coefficient (Wildman–Crippen LogP) is 4.02. The fourth-order valence-corrected chi connectivity index (χ4v) is 5.31. The Balaban J connectivity index is 1.28. The molecular formula is C24H24FN3O4S. The molecule has 1 saturated heterocycles. The number of ether oxygens (including phenoxy) is 2. The number of hydrogen-bond acceptors (Lipinski definition) is 7. The molecule has 172 valence electrons. The van der Waals surface area contributed by atoms with E-state index in [-0.39, 0.29) is 22.6 Å². The quantitative estimate of drug-likeness (QED) is 0.539. The number of halogens is 1. The maximum absolute atomic E-state index is 14.8. The predicted molar refractivity (Wildman–Crippen MR) is 122 cm³/mol. The van der Waals surface area contributed by atoms with Gasteiger partial charge in [0.2, 0.25) is 15.8 Å². The fourth-order valence-electron chi connectivity index (χ4n) is 4.20. The standard InChI is InChI=1S/C24H24FN3O4S/c1-2-16-12-26-24(27-13-16)28-9-3-4-19(28)14-31-21-7-5-17(10-20(21)25)18-6-8-23-22(11-18)32-15-33(23,29)30/h5-8,10-13,19H,2-4,9,14-15H2,1H3. The Hall–Kier alpha value is -3.20. The summed E-state index contributed by atoms with van der Waals surface area (Å²) in [6.07, 6.45) is 6.51. The van der Waals surface area contributed by atoms with Crippen molar-refractivity contribution < 1.29 is 22.3 Å². The van der Waals surface area contributed by atoms with E-state index in [4.69, 9.17) is 9.47 Å². The van der Waals surface area contributed by atoms with Gasteiger partial charge in [-0.25, -0.2) is 22.8 Å². The van der Waals surface area contributed by atoms with Gasteiger partial charge in [-0.2, -0.15) is 0 Å². The van der Waals surface area contributed by atoms with Crippen LogP contribution in [0.4, 0.5) is 10.3 Å². The van der Waals surface area contributed by atoms with Gasteiger partial charge in [-0.05, 0) is 60.2 Å². The van der Waals surface area contributed by atoms with Crippen molar-refractivity contribution in [1.82, 2.24) is 9.97 Å². The normalized spacial score (nSPS) is 18.7. The second-order valence-electron chi connectivity index (χ2n) is 8.23. The smallest absolute Gasteiger partial charge is 0.225 e. The topological polar surface area (TPSA) is 81.6 Å². The number of fused-ring (bicyclic) bond motifs is 1. The summed E-state index contributed by atoms with van der Waals surface area (Å²) in [5.41, 5.74) is 2.37. The molecule has 2 aromatic carbocycles. The highest BCUT2D eigenvalue weighted by Crippen LogP contribution is 2.36. The maximum Gasteiger partial charge on any atom is 0.225 e. The van der Waals surface area contributed by atoms with Crippen molar-refractivity contribution >= 4 is 15.8 Å². The Labute approximate surface area is 192 Å². The van der Waals surface area contributed by atoms with Crippen molar-refractivity contribution in [1.29, 1.82) is 0 Å². The third kappa shape index (κ3) is 4.25. The lowest BCUT2D eigenvalue weighted by molar-refractivity contribution is 0.275. The Morgan fingerprint density at radius 3 is 2.67 bits per heavy atom. The van der Waals surface area contributed by atoms with E-state index in [1.165, 1.54) is 12.1 Å². The van der Waals surface area contributed by atoms with Gasteiger partial charge < -0.3 is 14.4 Å². The second kappa shape index (κ2) is 8.62. The van der Waals surface area contributed by atoms with Gasteiger partial charge in [0.1, 0.15) is 17.3 Å². The van der Waals surface area contributed by atoms with Crippen LogP contribution in [0.1, 0.15) is 25.3 Å². The van der Waals surface area contributed by atoms with Gasteiger partial charge in [0.05, 0.1) is 6.04 Å². The van der Waals surface area contributed by atoms with Crippen LogP contribution in [0.25, 0.3) is 11.1 Å². The first kappa shape index (κ1) is 21.6. The zero-order chi connectivity index (χ0) is 23.0. The van der Waals surface area contributed by atoms with Crippen molar-refractivity contribution in [2.75, 3.05) is 24.0 Å². The highest BCUT2D eigenvalue weighted by Gasteiger charge is 2.29. The maximum atomic E-state index is 14.8. The molecule has 0 N–H and O–H groups in total. The number of hydrogen-bond donors (Lipinski definition) is 0. The molecule has 2 aliphatic heterocycles. The minimum absolute atomic E-state index is 0.0763. The Morgan fingerprint density at radius 2 is 1.91 bits per heavy atom. The molecule has 33 heavy (non-hydrogen) atoms. The molecule has 1 unspecified atom stereocenters. The third-order valence-electron chi connectivity index (χ3n) is 6.08. The van der Waals surface area contributed by atoms with Crippen LogP contribution in [0.3, 0.4) is 0 Å². The summed E-state index contributed by atoms with van der Waals surface area (Å²) in [6, 6.07) is 9.59. The molecule has 0 bridgehead atoms. The first-order valence-corrected chi connectivity index (χ1v) is 12.6. The molecule has 1 atom stereocenters. The number of benzene rings is 2. The van der Waals surface area contributed by atoms with Crippen LogP contribution in [-0.4, -0.2) is 43.5 Å². The van der Waals surface area contributed by atoms with E-state index >= 15 is 0 Å². The highest BCUT2D eigenvalue weighted by atomic mass is 32.2. The lowest BCUT2D eigenvalue weighted by Gasteiger charge is -2.24. The molecule has 2 aliphatic rings. The van der Waals surface area contributed by atoms with Crippen LogP contribution >= 0.6 is 0 Å². The zero-order valence-electron chi connectivity index (χ0n) is 18.2. The molecule has 1 aromatic heterocycles. The number of rotatable bonds is 6. The molecule has 3 aromatic rings. The molecule has 7 nitrogen and oxygen atoms in total. The minimum atomic E-state index is -3.39. The molecular weight excluding hydrogens is 445 g/mol. The number of aromatic nitrogens is 2. The number of nitrogens with zero attached hydrogens (tertiary/aromatic N) is 3. The van der Waals surface area contributed by atoms with Gasteiger partial charge in [0.25, 0.3) is 0 Å². The van der Waals surface area contributed by atoms with Gasteiger partial charge in [0, 0.05) is 18.9 Å². The molecule has 0 radical (unpaired) electrons. The van der Waals surface area contributed by atoms with Crippen LogP contribution in [0, 0.1) is 5.82 Å². The molecule has 0 saturated carbocycles. The van der Waals surface area contributed by atoms with Crippen LogP contribution in [0.15, 0.2) is 53.7 Å². The Kier molecular flexibility index (Phi) is 5.65. The minimum Gasteiger partial charge on any atom is -0.488 e. The van der Waals surface area contributed by atoms with Crippen LogP contribution in [0.5, 0.6) is 11.5 Å². The van der Waals surface area contributed by atoms with Crippen molar-refractivity contribution in [2.45, 2.75) is 37.1 Å². The summed E-state index contributed by atoms with van der Waals surface area (Å²) in [7, 11) is -3.39. The summed E-state index contributed by atoms with van der Waals surface area (Å²) in [5.74, 6) is 0.306. The summed E-state index contributed by atoms with van der Waals surface area (Å²) >= 11 is 0. The summed E-state index contributed by atoms with van der Waals surface area (Å²) in [5, 5.41) is 0. The number of aryl methyl sites for hydroxylation is 1. The van der Waals surface area contributed by atoms with Crippen LogP contribution < -0.4 is 14.4 Å². The van der Waals surface area contributed by atoms with Crippen LogP contribution in [0.2, 0.25) is 0 Å². The third-order valence-corrected chi connectivity index (χ3v) is 7.51. The summed E-state index contributed by atoms with van der Waals surface area (Å²) < 4.78 is 49.7. The second-order valence-corrected chi connectivity index (χ2v) is 10.1. The molecule has 0 amide bonds. The van der Waals surface area contributed by atoms with E-state index in [1.54, 1.807) is 24.3 Å². The van der Waals surface area contributed by atoms with Gasteiger partial charge in [-0.3, -0.25) is 0 Å². The summed E-state index contributed by atoms with van der Waals surface area (Å²) in [6.45, 7) is 3.24. The average molecular weight is 470 g/mol. The van der Waals surface area contributed by atoms with Gasteiger partial charge >= 0.3 is 0 Å². The average Bonchev–Trinajstić information content (AvgIpc) is 3.42. The van der Waals surface area contributed by atoms with E-state index in [9.17, 15) is 12.8 Å². The Morgan fingerprint density at radius 1 is 1.15 bits per heavy atom. The van der Waals surface area contributed by atoms with E-state index in [0.717, 1.165) is 31.4 Å². The van der Waals surface area contributed by atoms with E-state index in [1.807, 2.05) is 12.4 Å². The van der Waals surface area contributed by atoms with Crippen molar-refractivity contribution in [3.63, 3.8) is 0 Å². The van der Waals surface area contributed by atoms with E-state index in [2.05, 4.69) is 21.8 Å². The number of sulfone groups is 1. The van der Waals surface area contributed by atoms with Crippen molar-refractivity contribution in [3.8, 4) is 22.6 Å². The molecule has 0 aliphatic carbocycles. The summed E-state index contributed by atoms with van der Waals surface area (Å²) in [4.78, 5) is 11.2. The highest BCUT2D eigenvalue weighted by molar-refractivity contribution is 7.91. The van der Waals surface area contributed by atoms with Gasteiger partial charge in [0.15, 0.2) is 17.5 Å². The largest absolute Gasteiger partial charge is 0.488 e. The van der Waals surface area contributed by atoms with Crippen molar-refractivity contribution in [3.05, 3.63) is 60.2 Å². The van der Waals surface area contributed by atoms with Crippen LogP contribution in [-0.2, 0) is 16.3 Å². The van der Waals surface area contributed by atoms with E-state index in [0.29, 0.717) is 29.4 Å². The first-order chi connectivity index (χ1) is 15.9. The SMILES string of the molecule is CCc1cnc(N2CCCC2COc2ccc(-c3ccc4c(c3)OCS4(=O)=O)cc2F)nc1. The Bertz CT molecular complexity index is 1280. The lowest BCUT2D eigenvalue weighted by Crippen LogP contribution is -2.35. The molecule has 9 heteroatoms.